The molecule has 1 aromatic carbocycles. The predicted octanol–water partition coefficient (Wildman–Crippen LogP) is 2.01. The van der Waals surface area contributed by atoms with Crippen molar-refractivity contribution in [2.45, 2.75) is 6.54 Å². The van der Waals surface area contributed by atoms with Gasteiger partial charge >= 0.3 is 0 Å². The number of rotatable bonds is 7. The molecule has 8 heteroatoms. The summed E-state index contributed by atoms with van der Waals surface area (Å²) in [7, 11) is 1.75. The second-order valence-corrected chi connectivity index (χ2v) is 6.36. The molecule has 0 aliphatic carbocycles. The highest BCUT2D eigenvalue weighted by atomic mass is 19.1. The number of aromatic nitrogens is 1. The van der Waals surface area contributed by atoms with Gasteiger partial charge < -0.3 is 20.1 Å². The molecule has 0 unspecified atom stereocenters. The Morgan fingerprint density at radius 3 is 2.75 bits per heavy atom. The fourth-order valence-electron chi connectivity index (χ4n) is 2.80. The van der Waals surface area contributed by atoms with E-state index in [0.717, 1.165) is 50.9 Å². The summed E-state index contributed by atoms with van der Waals surface area (Å²) in [5.41, 5.74) is 1.00. The number of pyridine rings is 1. The molecule has 1 aromatic heterocycles. The first-order chi connectivity index (χ1) is 13.7. The number of aliphatic imine (C=N–C) groups is 1. The molecule has 1 fully saturated rings. The van der Waals surface area contributed by atoms with E-state index in [9.17, 15) is 4.39 Å². The maximum Gasteiger partial charge on any atom is 0.219 e. The maximum atomic E-state index is 13.0. The highest BCUT2D eigenvalue weighted by molar-refractivity contribution is 5.79. The monoisotopic (exact) mass is 387 g/mol. The van der Waals surface area contributed by atoms with Crippen molar-refractivity contribution in [3.8, 4) is 11.6 Å². The van der Waals surface area contributed by atoms with Crippen LogP contribution in [0.4, 0.5) is 4.39 Å². The van der Waals surface area contributed by atoms with Crippen LogP contribution in [-0.2, 0) is 11.3 Å². The maximum absolute atomic E-state index is 13.0. The van der Waals surface area contributed by atoms with Crippen molar-refractivity contribution in [2.75, 3.05) is 46.4 Å². The molecule has 28 heavy (non-hydrogen) atoms. The van der Waals surface area contributed by atoms with Crippen LogP contribution >= 0.6 is 0 Å². The highest BCUT2D eigenvalue weighted by Crippen LogP contribution is 2.20. The molecule has 2 heterocycles. The third-order valence-corrected chi connectivity index (χ3v) is 4.34. The third kappa shape index (κ3) is 6.47. The molecule has 0 spiro atoms. The Hall–Kier alpha value is -2.71. The molecule has 3 rings (SSSR count). The molecule has 0 saturated carbocycles. The van der Waals surface area contributed by atoms with Crippen molar-refractivity contribution in [3.63, 3.8) is 0 Å². The quantitative estimate of drug-likeness (QED) is 0.560. The molecule has 0 radical (unpaired) electrons. The smallest absolute Gasteiger partial charge is 0.219 e. The van der Waals surface area contributed by atoms with E-state index in [1.165, 1.54) is 12.1 Å². The van der Waals surface area contributed by atoms with Gasteiger partial charge in [-0.15, -0.1) is 0 Å². The Morgan fingerprint density at radius 2 is 2.00 bits per heavy atom. The molecule has 1 aliphatic heterocycles. The van der Waals surface area contributed by atoms with E-state index in [0.29, 0.717) is 18.2 Å². The van der Waals surface area contributed by atoms with Gasteiger partial charge in [0.25, 0.3) is 0 Å². The van der Waals surface area contributed by atoms with Crippen LogP contribution in [0.15, 0.2) is 47.6 Å². The van der Waals surface area contributed by atoms with E-state index >= 15 is 0 Å². The third-order valence-electron chi connectivity index (χ3n) is 4.34. The van der Waals surface area contributed by atoms with Gasteiger partial charge in [0, 0.05) is 52.0 Å². The first kappa shape index (κ1) is 20.0. The van der Waals surface area contributed by atoms with Gasteiger partial charge in [0.1, 0.15) is 11.6 Å². The first-order valence-corrected chi connectivity index (χ1v) is 9.36. The van der Waals surface area contributed by atoms with Crippen LogP contribution in [0.2, 0.25) is 0 Å². The molecule has 0 atom stereocenters. The van der Waals surface area contributed by atoms with Crippen molar-refractivity contribution >= 4 is 5.96 Å². The van der Waals surface area contributed by atoms with Crippen molar-refractivity contribution in [2.24, 2.45) is 4.99 Å². The van der Waals surface area contributed by atoms with Gasteiger partial charge in [0.05, 0.1) is 13.2 Å². The lowest BCUT2D eigenvalue weighted by molar-refractivity contribution is 0.0389. The number of nitrogens with zero attached hydrogens (tertiary/aromatic N) is 3. The minimum absolute atomic E-state index is 0.300. The number of guanidine groups is 1. The number of hydrogen-bond acceptors (Lipinski definition) is 5. The Labute approximate surface area is 164 Å². The topological polar surface area (TPSA) is 71.0 Å². The van der Waals surface area contributed by atoms with Crippen LogP contribution in [-0.4, -0.2) is 62.3 Å². The van der Waals surface area contributed by atoms with Crippen LogP contribution in [0.3, 0.4) is 0 Å². The van der Waals surface area contributed by atoms with Gasteiger partial charge in [-0.1, -0.05) is 0 Å². The molecular formula is C20H26FN5O2. The normalized spacial score (nSPS) is 15.3. The van der Waals surface area contributed by atoms with Gasteiger partial charge in [-0.2, -0.15) is 0 Å². The zero-order chi connectivity index (χ0) is 19.6. The highest BCUT2D eigenvalue weighted by Gasteiger charge is 2.09. The van der Waals surface area contributed by atoms with Crippen molar-refractivity contribution < 1.29 is 13.9 Å². The summed E-state index contributed by atoms with van der Waals surface area (Å²) in [5, 5.41) is 6.61. The number of halogens is 1. The van der Waals surface area contributed by atoms with Crippen LogP contribution < -0.4 is 15.4 Å². The van der Waals surface area contributed by atoms with Crippen molar-refractivity contribution in [1.82, 2.24) is 20.5 Å². The van der Waals surface area contributed by atoms with Crippen LogP contribution in [0.25, 0.3) is 0 Å². The van der Waals surface area contributed by atoms with Gasteiger partial charge in [-0.25, -0.2) is 9.37 Å². The zero-order valence-electron chi connectivity index (χ0n) is 16.0. The molecule has 0 bridgehead atoms. The molecule has 150 valence electrons. The molecule has 1 aliphatic rings. The molecule has 1 saturated heterocycles. The SMILES string of the molecule is CN=C(NCCN1CCOCC1)NCc1ccnc(Oc2ccc(F)cc2)c1. The zero-order valence-corrected chi connectivity index (χ0v) is 16.0. The van der Waals surface area contributed by atoms with E-state index in [2.05, 4.69) is 25.5 Å². The van der Waals surface area contributed by atoms with Crippen molar-refractivity contribution in [1.29, 1.82) is 0 Å². The molecular weight excluding hydrogens is 361 g/mol. The summed E-state index contributed by atoms with van der Waals surface area (Å²) in [6, 6.07) is 9.61. The van der Waals surface area contributed by atoms with E-state index in [-0.39, 0.29) is 5.82 Å². The predicted molar refractivity (Wildman–Crippen MR) is 106 cm³/mol. The second-order valence-electron chi connectivity index (χ2n) is 6.36. The second kappa shape index (κ2) is 10.6. The number of ether oxygens (including phenoxy) is 2. The van der Waals surface area contributed by atoms with E-state index in [4.69, 9.17) is 9.47 Å². The summed E-state index contributed by atoms with van der Waals surface area (Å²) in [4.78, 5) is 10.8. The van der Waals surface area contributed by atoms with E-state index < -0.39 is 0 Å². The number of nitrogens with one attached hydrogen (secondary N) is 2. The number of morpholine rings is 1. The Kier molecular flexibility index (Phi) is 7.57. The van der Waals surface area contributed by atoms with Gasteiger partial charge in [0.15, 0.2) is 5.96 Å². The minimum atomic E-state index is -0.300. The Balaban J connectivity index is 1.45. The van der Waals surface area contributed by atoms with Crippen molar-refractivity contribution in [3.05, 3.63) is 54.0 Å². The van der Waals surface area contributed by atoms with Gasteiger partial charge in [-0.3, -0.25) is 9.89 Å². The lowest BCUT2D eigenvalue weighted by Gasteiger charge is -2.26. The summed E-state index contributed by atoms with van der Waals surface area (Å²) < 4.78 is 24.0. The number of hydrogen-bond donors (Lipinski definition) is 2. The fourth-order valence-corrected chi connectivity index (χ4v) is 2.80. The Bertz CT molecular complexity index is 763. The van der Waals surface area contributed by atoms with E-state index in [1.54, 1.807) is 25.4 Å². The molecule has 0 amide bonds. The van der Waals surface area contributed by atoms with Gasteiger partial charge in [-0.05, 0) is 35.9 Å². The molecule has 2 aromatic rings. The van der Waals surface area contributed by atoms with E-state index in [1.807, 2.05) is 12.1 Å². The Morgan fingerprint density at radius 1 is 1.21 bits per heavy atom. The summed E-state index contributed by atoms with van der Waals surface area (Å²) in [6.45, 7) is 5.90. The fraction of sp³-hybridized carbons (Fsp3) is 0.400. The average molecular weight is 387 g/mol. The van der Waals surface area contributed by atoms with Crippen LogP contribution in [0.1, 0.15) is 5.56 Å². The number of benzene rings is 1. The molecule has 7 nitrogen and oxygen atoms in total. The summed E-state index contributed by atoms with van der Waals surface area (Å²) in [6.07, 6.45) is 1.69. The average Bonchev–Trinajstić information content (AvgIpc) is 2.73. The molecule has 2 N–H and O–H groups in total. The van der Waals surface area contributed by atoms with Gasteiger partial charge in [0.2, 0.25) is 5.88 Å². The standard InChI is InChI=1S/C20H26FN5O2/c1-22-20(24-8-9-26-10-12-27-13-11-26)25-15-16-6-7-23-19(14-16)28-18-4-2-17(21)3-5-18/h2-7,14H,8-13,15H2,1H3,(H2,22,24,25). The lowest BCUT2D eigenvalue weighted by Crippen LogP contribution is -2.44. The minimum Gasteiger partial charge on any atom is -0.439 e. The first-order valence-electron chi connectivity index (χ1n) is 9.36. The van der Waals surface area contributed by atoms with Crippen LogP contribution in [0.5, 0.6) is 11.6 Å². The van der Waals surface area contributed by atoms with Crippen LogP contribution in [0, 0.1) is 5.82 Å². The largest absolute Gasteiger partial charge is 0.439 e. The lowest BCUT2D eigenvalue weighted by atomic mass is 10.2. The summed E-state index contributed by atoms with van der Waals surface area (Å²) in [5.74, 6) is 1.44. The summed E-state index contributed by atoms with van der Waals surface area (Å²) >= 11 is 0.